The Morgan fingerprint density at radius 2 is 1.92 bits per heavy atom. The summed E-state index contributed by atoms with van der Waals surface area (Å²) < 4.78 is 40.2. The number of carbonyl (C=O) groups is 1. The van der Waals surface area contributed by atoms with Crippen LogP contribution < -0.4 is 11.0 Å². The molecule has 8 heteroatoms. The van der Waals surface area contributed by atoms with Gasteiger partial charge in [0.15, 0.2) is 0 Å². The lowest BCUT2D eigenvalue weighted by atomic mass is 10.1. The van der Waals surface area contributed by atoms with E-state index in [9.17, 15) is 22.8 Å². The predicted molar refractivity (Wildman–Crippen MR) is 80.2 cm³/mol. The SMILES string of the molecule is O=C(/C=C/c1cccn(Cc2ccccc2C(F)(F)F)c1=O)NO. The minimum atomic E-state index is -4.52. The van der Waals surface area contributed by atoms with Crippen LogP contribution in [0.4, 0.5) is 13.2 Å². The minimum absolute atomic E-state index is 0.0404. The van der Waals surface area contributed by atoms with Gasteiger partial charge in [-0.25, -0.2) is 5.48 Å². The van der Waals surface area contributed by atoms with Gasteiger partial charge >= 0.3 is 6.18 Å². The number of benzene rings is 1. The number of hydrogen-bond acceptors (Lipinski definition) is 3. The molecule has 0 bridgehead atoms. The first-order chi connectivity index (χ1) is 11.3. The standard InChI is InChI=1S/C16H13F3N2O3/c17-16(18,19)13-6-2-1-4-12(13)10-21-9-3-5-11(15(21)23)7-8-14(22)20-24/h1-9,24H,10H2,(H,20,22)/b8-7+. The number of aromatic nitrogens is 1. The number of nitrogens with zero attached hydrogens (tertiary/aromatic N) is 1. The summed E-state index contributed by atoms with van der Waals surface area (Å²) in [4.78, 5) is 23.2. The summed E-state index contributed by atoms with van der Waals surface area (Å²) in [5.74, 6) is -0.827. The second-order valence-electron chi connectivity index (χ2n) is 4.86. The van der Waals surface area contributed by atoms with Crippen LogP contribution in [0.15, 0.2) is 53.5 Å². The molecule has 126 valence electrons. The van der Waals surface area contributed by atoms with E-state index in [2.05, 4.69) is 0 Å². The van der Waals surface area contributed by atoms with Gasteiger partial charge in [-0.3, -0.25) is 14.8 Å². The van der Waals surface area contributed by atoms with Crippen molar-refractivity contribution in [2.75, 3.05) is 0 Å². The quantitative estimate of drug-likeness (QED) is 0.511. The summed E-state index contributed by atoms with van der Waals surface area (Å²) >= 11 is 0. The molecule has 5 nitrogen and oxygen atoms in total. The molecular formula is C16H13F3N2O3. The predicted octanol–water partition coefficient (Wildman–Crippen LogP) is 2.43. The van der Waals surface area contributed by atoms with Crippen LogP contribution in [0.25, 0.3) is 6.08 Å². The van der Waals surface area contributed by atoms with Crippen LogP contribution >= 0.6 is 0 Å². The molecule has 1 aromatic heterocycles. The van der Waals surface area contributed by atoms with E-state index in [1.807, 2.05) is 0 Å². The van der Waals surface area contributed by atoms with Gasteiger partial charge < -0.3 is 4.57 Å². The maximum Gasteiger partial charge on any atom is 0.416 e. The van der Waals surface area contributed by atoms with Crippen molar-refractivity contribution >= 4 is 12.0 Å². The van der Waals surface area contributed by atoms with Gasteiger partial charge in [0, 0.05) is 17.8 Å². The molecule has 24 heavy (non-hydrogen) atoms. The first-order valence-electron chi connectivity index (χ1n) is 6.79. The average Bonchev–Trinajstić information content (AvgIpc) is 2.55. The van der Waals surface area contributed by atoms with Gasteiger partial charge in [0.1, 0.15) is 0 Å². The normalized spacial score (nSPS) is 11.7. The van der Waals surface area contributed by atoms with Crippen molar-refractivity contribution in [3.8, 4) is 0 Å². The number of alkyl halides is 3. The first-order valence-corrected chi connectivity index (χ1v) is 6.79. The second kappa shape index (κ2) is 7.14. The fraction of sp³-hybridized carbons (Fsp3) is 0.125. The number of halogens is 3. The lowest BCUT2D eigenvalue weighted by Gasteiger charge is -2.14. The molecule has 0 spiro atoms. The smallest absolute Gasteiger partial charge is 0.311 e. The molecule has 0 saturated carbocycles. The van der Waals surface area contributed by atoms with E-state index in [4.69, 9.17) is 5.21 Å². The van der Waals surface area contributed by atoms with E-state index < -0.39 is 23.2 Å². The topological polar surface area (TPSA) is 71.3 Å². The third-order valence-electron chi connectivity index (χ3n) is 3.24. The van der Waals surface area contributed by atoms with Crippen molar-refractivity contribution < 1.29 is 23.2 Å². The van der Waals surface area contributed by atoms with Crippen molar-refractivity contribution in [3.05, 3.63) is 75.7 Å². The van der Waals surface area contributed by atoms with Crippen LogP contribution in [0.1, 0.15) is 16.7 Å². The zero-order chi connectivity index (χ0) is 17.7. The summed E-state index contributed by atoms with van der Waals surface area (Å²) in [7, 11) is 0. The number of nitrogens with one attached hydrogen (secondary N) is 1. The molecule has 0 fully saturated rings. The molecule has 0 aliphatic rings. The van der Waals surface area contributed by atoms with E-state index in [-0.39, 0.29) is 17.7 Å². The fourth-order valence-corrected chi connectivity index (χ4v) is 2.13. The summed E-state index contributed by atoms with van der Waals surface area (Å²) in [5.41, 5.74) is 0.0689. The maximum absolute atomic E-state index is 13.0. The van der Waals surface area contributed by atoms with Crippen LogP contribution in [-0.2, 0) is 17.5 Å². The second-order valence-corrected chi connectivity index (χ2v) is 4.86. The highest BCUT2D eigenvalue weighted by atomic mass is 19.4. The lowest BCUT2D eigenvalue weighted by molar-refractivity contribution is -0.138. The molecule has 2 N–H and O–H groups in total. The molecule has 0 radical (unpaired) electrons. The largest absolute Gasteiger partial charge is 0.416 e. The Hall–Kier alpha value is -2.87. The number of rotatable bonds is 4. The Morgan fingerprint density at radius 3 is 2.58 bits per heavy atom. The molecule has 1 amide bonds. The first kappa shape index (κ1) is 17.5. The van der Waals surface area contributed by atoms with Crippen LogP contribution in [0.5, 0.6) is 0 Å². The van der Waals surface area contributed by atoms with E-state index in [1.165, 1.54) is 48.1 Å². The van der Waals surface area contributed by atoms with Crippen molar-refractivity contribution in [1.82, 2.24) is 10.0 Å². The van der Waals surface area contributed by atoms with Crippen molar-refractivity contribution in [1.29, 1.82) is 0 Å². The summed E-state index contributed by atoms with van der Waals surface area (Å²) in [5, 5.41) is 8.40. The highest BCUT2D eigenvalue weighted by molar-refractivity contribution is 5.90. The van der Waals surface area contributed by atoms with Crippen LogP contribution in [0.3, 0.4) is 0 Å². The highest BCUT2D eigenvalue weighted by Gasteiger charge is 2.32. The molecule has 2 aromatic rings. The van der Waals surface area contributed by atoms with Gasteiger partial charge in [0.25, 0.3) is 11.5 Å². The average molecular weight is 338 g/mol. The molecule has 0 atom stereocenters. The number of hydroxylamine groups is 1. The molecule has 1 aromatic carbocycles. The van der Waals surface area contributed by atoms with Gasteiger partial charge in [0.05, 0.1) is 12.1 Å². The highest BCUT2D eigenvalue weighted by Crippen LogP contribution is 2.32. The fourth-order valence-electron chi connectivity index (χ4n) is 2.13. The minimum Gasteiger partial charge on any atom is -0.311 e. The van der Waals surface area contributed by atoms with Crippen LogP contribution in [0, 0.1) is 0 Å². The van der Waals surface area contributed by atoms with Gasteiger partial charge in [-0.1, -0.05) is 18.2 Å². The number of amides is 1. The molecule has 0 unspecified atom stereocenters. The molecular weight excluding hydrogens is 325 g/mol. The molecule has 0 aliphatic heterocycles. The van der Waals surface area contributed by atoms with Crippen LogP contribution in [0.2, 0.25) is 0 Å². The molecule has 1 heterocycles. The third kappa shape index (κ3) is 4.11. The van der Waals surface area contributed by atoms with Gasteiger partial charge in [-0.05, 0) is 29.8 Å². The number of carbonyl (C=O) groups excluding carboxylic acids is 1. The van der Waals surface area contributed by atoms with Gasteiger partial charge in [0.2, 0.25) is 0 Å². The summed E-state index contributed by atoms with van der Waals surface area (Å²) in [6.07, 6.45) is -1.05. The van der Waals surface area contributed by atoms with Crippen molar-refractivity contribution in [2.45, 2.75) is 12.7 Å². The van der Waals surface area contributed by atoms with Gasteiger partial charge in [-0.15, -0.1) is 0 Å². The number of hydrogen-bond donors (Lipinski definition) is 2. The number of pyridine rings is 1. The zero-order valence-corrected chi connectivity index (χ0v) is 12.2. The van der Waals surface area contributed by atoms with Crippen molar-refractivity contribution in [3.63, 3.8) is 0 Å². The van der Waals surface area contributed by atoms with E-state index in [0.29, 0.717) is 0 Å². The molecule has 2 rings (SSSR count). The Labute approximate surface area is 134 Å². The summed E-state index contributed by atoms with van der Waals surface area (Å²) in [6, 6.07) is 7.89. The van der Waals surface area contributed by atoms with Crippen molar-refractivity contribution in [2.24, 2.45) is 0 Å². The third-order valence-corrected chi connectivity index (χ3v) is 3.24. The van der Waals surface area contributed by atoms with Crippen LogP contribution in [-0.4, -0.2) is 15.7 Å². The lowest BCUT2D eigenvalue weighted by Crippen LogP contribution is -2.23. The van der Waals surface area contributed by atoms with E-state index in [1.54, 1.807) is 0 Å². The van der Waals surface area contributed by atoms with Gasteiger partial charge in [-0.2, -0.15) is 13.2 Å². The molecule has 0 saturated heterocycles. The van der Waals surface area contributed by atoms with E-state index >= 15 is 0 Å². The monoisotopic (exact) mass is 338 g/mol. The Bertz CT molecular complexity index is 826. The maximum atomic E-state index is 13.0. The Morgan fingerprint density at radius 1 is 1.21 bits per heavy atom. The Balaban J connectivity index is 2.38. The summed E-state index contributed by atoms with van der Waals surface area (Å²) in [6.45, 7) is -0.262. The Kier molecular flexibility index (Phi) is 5.20. The van der Waals surface area contributed by atoms with E-state index in [0.717, 1.165) is 16.7 Å². The zero-order valence-electron chi connectivity index (χ0n) is 12.2. The molecule has 0 aliphatic carbocycles.